The number of thiophene rings is 1. The highest BCUT2D eigenvalue weighted by Gasteiger charge is 2.22. The van der Waals surface area contributed by atoms with E-state index < -0.39 is 4.92 Å². The van der Waals surface area contributed by atoms with Crippen LogP contribution in [0.2, 0.25) is 0 Å². The summed E-state index contributed by atoms with van der Waals surface area (Å²) < 4.78 is 0. The van der Waals surface area contributed by atoms with Crippen LogP contribution in [0.1, 0.15) is 16.6 Å². The zero-order valence-electron chi connectivity index (χ0n) is 9.10. The van der Waals surface area contributed by atoms with Crippen LogP contribution in [0.25, 0.3) is 0 Å². The fraction of sp³-hybridized carbons (Fsp3) is 0.300. The summed E-state index contributed by atoms with van der Waals surface area (Å²) in [6.07, 6.45) is 1.65. The summed E-state index contributed by atoms with van der Waals surface area (Å²) in [7, 11) is 1.73. The molecule has 0 N–H and O–H groups in total. The van der Waals surface area contributed by atoms with Crippen molar-refractivity contribution in [2.45, 2.75) is 6.92 Å². The average molecular weight is 240 g/mol. The maximum atomic E-state index is 11.2. The second-order valence-corrected chi connectivity index (χ2v) is 4.31. The third-order valence-electron chi connectivity index (χ3n) is 1.99. The van der Waals surface area contributed by atoms with E-state index in [0.717, 1.165) is 11.3 Å². The molecular formula is C10H12N2O3S. The Bertz CT molecular complexity index is 439. The van der Waals surface area contributed by atoms with Crippen molar-refractivity contribution in [3.05, 3.63) is 33.7 Å². The predicted molar refractivity (Wildman–Crippen MR) is 64.4 cm³/mol. The molecule has 0 atom stereocenters. The SMILES string of the molecule is C=CCN(C)c1sc(C(C)=O)cc1[N+](=O)[O-]. The Morgan fingerprint density at radius 3 is 2.81 bits per heavy atom. The van der Waals surface area contributed by atoms with Crippen molar-refractivity contribution < 1.29 is 9.72 Å². The predicted octanol–water partition coefficient (Wildman–Crippen LogP) is 2.48. The van der Waals surface area contributed by atoms with E-state index in [4.69, 9.17) is 0 Å². The lowest BCUT2D eigenvalue weighted by molar-refractivity contribution is -0.383. The molecule has 0 amide bonds. The monoisotopic (exact) mass is 240 g/mol. The van der Waals surface area contributed by atoms with E-state index in [0.29, 0.717) is 16.4 Å². The van der Waals surface area contributed by atoms with Gasteiger partial charge in [0, 0.05) is 19.7 Å². The molecule has 0 radical (unpaired) electrons. The third-order valence-corrected chi connectivity index (χ3v) is 3.33. The van der Waals surface area contributed by atoms with Crippen LogP contribution < -0.4 is 4.90 Å². The molecule has 0 aliphatic carbocycles. The Kier molecular flexibility index (Phi) is 3.78. The van der Waals surface area contributed by atoms with Gasteiger partial charge >= 0.3 is 5.69 Å². The summed E-state index contributed by atoms with van der Waals surface area (Å²) in [5, 5.41) is 11.3. The number of Topliss-reactive ketones (excluding diaryl/α,β-unsaturated/α-hetero) is 1. The number of anilines is 1. The van der Waals surface area contributed by atoms with Crippen LogP contribution in [-0.4, -0.2) is 24.3 Å². The molecule has 0 saturated carbocycles. The number of carbonyl (C=O) groups excluding carboxylic acids is 1. The molecule has 16 heavy (non-hydrogen) atoms. The molecule has 0 unspecified atom stereocenters. The van der Waals surface area contributed by atoms with Crippen molar-refractivity contribution in [1.82, 2.24) is 0 Å². The molecule has 5 nitrogen and oxygen atoms in total. The number of likely N-dealkylation sites (N-methyl/N-ethyl adjacent to an activating group) is 1. The maximum absolute atomic E-state index is 11.2. The van der Waals surface area contributed by atoms with Gasteiger partial charge in [-0.1, -0.05) is 6.08 Å². The first kappa shape index (κ1) is 12.4. The summed E-state index contributed by atoms with van der Waals surface area (Å²) in [5.41, 5.74) is -0.0282. The second kappa shape index (κ2) is 4.89. The molecule has 0 aromatic carbocycles. The largest absolute Gasteiger partial charge is 0.357 e. The van der Waals surface area contributed by atoms with Crippen LogP contribution >= 0.6 is 11.3 Å². The number of rotatable bonds is 5. The lowest BCUT2D eigenvalue weighted by Gasteiger charge is -2.13. The fourth-order valence-corrected chi connectivity index (χ4v) is 2.22. The highest BCUT2D eigenvalue weighted by atomic mass is 32.1. The molecule has 1 heterocycles. The molecule has 0 aliphatic heterocycles. The van der Waals surface area contributed by atoms with Gasteiger partial charge in [-0.25, -0.2) is 0 Å². The average Bonchev–Trinajstić information content (AvgIpc) is 2.62. The lowest BCUT2D eigenvalue weighted by atomic mass is 10.3. The topological polar surface area (TPSA) is 63.5 Å². The van der Waals surface area contributed by atoms with Crippen molar-refractivity contribution in [2.75, 3.05) is 18.5 Å². The van der Waals surface area contributed by atoms with Crippen molar-refractivity contribution in [3.8, 4) is 0 Å². The first-order chi connectivity index (χ1) is 7.47. The minimum absolute atomic E-state index is 0.0282. The zero-order chi connectivity index (χ0) is 12.3. The number of nitro groups is 1. The van der Waals surface area contributed by atoms with Gasteiger partial charge < -0.3 is 4.90 Å². The fourth-order valence-electron chi connectivity index (χ4n) is 1.23. The van der Waals surface area contributed by atoms with Gasteiger partial charge in [-0.3, -0.25) is 14.9 Å². The van der Waals surface area contributed by atoms with E-state index in [1.807, 2.05) is 0 Å². The van der Waals surface area contributed by atoms with Crippen LogP contribution in [0.15, 0.2) is 18.7 Å². The van der Waals surface area contributed by atoms with E-state index in [9.17, 15) is 14.9 Å². The van der Waals surface area contributed by atoms with Crippen molar-refractivity contribution >= 4 is 27.8 Å². The summed E-state index contributed by atoms with van der Waals surface area (Å²) in [5.74, 6) is -0.161. The Morgan fingerprint density at radius 2 is 2.38 bits per heavy atom. The van der Waals surface area contributed by atoms with Gasteiger partial charge in [0.25, 0.3) is 0 Å². The Balaban J connectivity index is 3.19. The molecule has 86 valence electrons. The summed E-state index contributed by atoms with van der Waals surface area (Å²) in [6.45, 7) is 5.46. The van der Waals surface area contributed by atoms with Gasteiger partial charge in [-0.05, 0) is 6.92 Å². The smallest absolute Gasteiger partial charge is 0.304 e. The van der Waals surface area contributed by atoms with Crippen molar-refractivity contribution in [2.24, 2.45) is 0 Å². The molecule has 0 fully saturated rings. The molecule has 1 rings (SSSR count). The maximum Gasteiger partial charge on any atom is 0.304 e. The number of ketones is 1. The Hall–Kier alpha value is -1.69. The second-order valence-electron chi connectivity index (χ2n) is 3.28. The van der Waals surface area contributed by atoms with Crippen LogP contribution in [0.5, 0.6) is 0 Å². The third kappa shape index (κ3) is 2.46. The minimum atomic E-state index is -0.474. The number of hydrogen-bond acceptors (Lipinski definition) is 5. The Labute approximate surface area is 97.1 Å². The van der Waals surface area contributed by atoms with Gasteiger partial charge in [0.05, 0.1) is 9.80 Å². The standard InChI is InChI=1S/C10H12N2O3S/c1-4-5-11(3)10-8(12(14)15)6-9(16-10)7(2)13/h4,6H,1,5H2,2-3H3. The molecule has 1 aromatic rings. The van der Waals surface area contributed by atoms with Crippen molar-refractivity contribution in [1.29, 1.82) is 0 Å². The van der Waals surface area contributed by atoms with Crippen LogP contribution in [0, 0.1) is 10.1 Å². The molecule has 6 heteroatoms. The van der Waals surface area contributed by atoms with Crippen LogP contribution in [-0.2, 0) is 0 Å². The van der Waals surface area contributed by atoms with E-state index >= 15 is 0 Å². The molecule has 0 aliphatic rings. The number of hydrogen-bond donors (Lipinski definition) is 0. The molecule has 0 saturated heterocycles. The van der Waals surface area contributed by atoms with Crippen LogP contribution in [0.4, 0.5) is 10.7 Å². The van der Waals surface area contributed by atoms with E-state index in [1.54, 1.807) is 18.0 Å². The highest BCUT2D eigenvalue weighted by Crippen LogP contribution is 2.37. The van der Waals surface area contributed by atoms with Gasteiger partial charge in [0.2, 0.25) is 0 Å². The normalized spacial score (nSPS) is 9.88. The minimum Gasteiger partial charge on any atom is -0.357 e. The lowest BCUT2D eigenvalue weighted by Crippen LogP contribution is -2.16. The van der Waals surface area contributed by atoms with Crippen LogP contribution in [0.3, 0.4) is 0 Å². The first-order valence-corrected chi connectivity index (χ1v) is 5.40. The molecular weight excluding hydrogens is 228 g/mol. The van der Waals surface area contributed by atoms with E-state index in [2.05, 4.69) is 6.58 Å². The molecule has 0 bridgehead atoms. The van der Waals surface area contributed by atoms with Gasteiger partial charge in [-0.2, -0.15) is 0 Å². The van der Waals surface area contributed by atoms with E-state index in [-0.39, 0.29) is 11.5 Å². The molecule has 0 spiro atoms. The molecule has 1 aromatic heterocycles. The summed E-state index contributed by atoms with van der Waals surface area (Å²) in [4.78, 5) is 23.6. The van der Waals surface area contributed by atoms with Gasteiger partial charge in [0.1, 0.15) is 0 Å². The summed E-state index contributed by atoms with van der Waals surface area (Å²) in [6, 6.07) is 1.32. The van der Waals surface area contributed by atoms with Gasteiger partial charge in [0.15, 0.2) is 10.8 Å². The summed E-state index contributed by atoms with van der Waals surface area (Å²) >= 11 is 1.13. The Morgan fingerprint density at radius 1 is 1.75 bits per heavy atom. The number of nitrogens with zero attached hydrogens (tertiary/aromatic N) is 2. The first-order valence-electron chi connectivity index (χ1n) is 4.58. The number of carbonyl (C=O) groups is 1. The van der Waals surface area contributed by atoms with E-state index in [1.165, 1.54) is 13.0 Å². The highest BCUT2D eigenvalue weighted by molar-refractivity contribution is 7.18. The van der Waals surface area contributed by atoms with Gasteiger partial charge in [-0.15, -0.1) is 17.9 Å². The zero-order valence-corrected chi connectivity index (χ0v) is 9.91. The van der Waals surface area contributed by atoms with Crippen molar-refractivity contribution in [3.63, 3.8) is 0 Å². The quantitative estimate of drug-likeness (QED) is 0.343.